The van der Waals surface area contributed by atoms with Crippen molar-refractivity contribution in [3.05, 3.63) is 24.3 Å². The van der Waals surface area contributed by atoms with Gasteiger partial charge in [-0.25, -0.2) is 0 Å². The number of rotatable bonds is 7. The first kappa shape index (κ1) is 12.5. The van der Waals surface area contributed by atoms with Crippen molar-refractivity contribution in [3.8, 4) is 0 Å². The lowest BCUT2D eigenvalue weighted by Gasteiger charge is -2.07. The van der Waals surface area contributed by atoms with E-state index in [1.807, 2.05) is 6.08 Å². The van der Waals surface area contributed by atoms with Crippen molar-refractivity contribution in [2.75, 3.05) is 0 Å². The summed E-state index contributed by atoms with van der Waals surface area (Å²) >= 11 is 0. The third kappa shape index (κ3) is 7.83. The quantitative estimate of drug-likeness (QED) is 0.392. The molecule has 0 aliphatic heterocycles. The highest BCUT2D eigenvalue weighted by Crippen LogP contribution is 2.14. The molecule has 1 unspecified atom stereocenters. The maximum atomic E-state index is 3.75. The van der Waals surface area contributed by atoms with Gasteiger partial charge in [0.2, 0.25) is 0 Å². The van der Waals surface area contributed by atoms with Crippen LogP contribution in [-0.2, 0) is 0 Å². The van der Waals surface area contributed by atoms with E-state index in [9.17, 15) is 0 Å². The van der Waals surface area contributed by atoms with Gasteiger partial charge < -0.3 is 0 Å². The van der Waals surface area contributed by atoms with Crippen LogP contribution in [0.5, 0.6) is 0 Å². The summed E-state index contributed by atoms with van der Waals surface area (Å²) in [5.41, 5.74) is 1.31. The first-order chi connectivity index (χ1) is 6.20. The Hall–Kier alpha value is -0.520. The van der Waals surface area contributed by atoms with Crippen LogP contribution in [0.15, 0.2) is 24.3 Å². The first-order valence-electron chi connectivity index (χ1n) is 5.49. The molecule has 0 aliphatic carbocycles. The average Bonchev–Trinajstić information content (AvgIpc) is 2.14. The van der Waals surface area contributed by atoms with Crippen LogP contribution in [0.2, 0.25) is 0 Å². The van der Waals surface area contributed by atoms with Gasteiger partial charge in [0.25, 0.3) is 0 Å². The zero-order valence-electron chi connectivity index (χ0n) is 9.47. The Kier molecular flexibility index (Phi) is 7.77. The lowest BCUT2D eigenvalue weighted by atomic mass is 9.99. The predicted octanol–water partition coefficient (Wildman–Crippen LogP) is 4.73. The maximum Gasteiger partial charge on any atom is -0.0319 e. The molecule has 0 aliphatic rings. The number of hydrogen-bond acceptors (Lipinski definition) is 0. The molecule has 13 heavy (non-hydrogen) atoms. The summed E-state index contributed by atoms with van der Waals surface area (Å²) in [7, 11) is 0. The van der Waals surface area contributed by atoms with Crippen LogP contribution in [0.4, 0.5) is 0 Å². The maximum absolute atomic E-state index is 3.75. The standard InChI is InChI=1S/C13H24/c1-5-7-8-9-13(4)11-10-12(3)6-2/h6,10,13H,2,5,7-9,11H2,1,3-4H3. The van der Waals surface area contributed by atoms with E-state index in [1.165, 1.54) is 37.7 Å². The Balaban J connectivity index is 3.50. The highest BCUT2D eigenvalue weighted by molar-refractivity contribution is 5.12. The fourth-order valence-corrected chi connectivity index (χ4v) is 1.33. The van der Waals surface area contributed by atoms with E-state index in [1.54, 1.807) is 0 Å². The topological polar surface area (TPSA) is 0 Å². The Bertz CT molecular complexity index is 153. The van der Waals surface area contributed by atoms with Crippen molar-refractivity contribution in [2.24, 2.45) is 5.92 Å². The largest absolute Gasteiger partial charge is 0.0988 e. The van der Waals surface area contributed by atoms with Crippen LogP contribution in [0.3, 0.4) is 0 Å². The minimum atomic E-state index is 0.835. The van der Waals surface area contributed by atoms with E-state index in [0.717, 1.165) is 5.92 Å². The van der Waals surface area contributed by atoms with E-state index in [2.05, 4.69) is 33.4 Å². The Morgan fingerprint density at radius 2 is 2.08 bits per heavy atom. The van der Waals surface area contributed by atoms with Crippen molar-refractivity contribution in [2.45, 2.75) is 52.9 Å². The van der Waals surface area contributed by atoms with Crippen molar-refractivity contribution in [1.29, 1.82) is 0 Å². The molecule has 0 aromatic rings. The molecule has 0 heterocycles. The molecule has 0 saturated carbocycles. The van der Waals surface area contributed by atoms with Gasteiger partial charge in [0.05, 0.1) is 0 Å². The van der Waals surface area contributed by atoms with Gasteiger partial charge in [0, 0.05) is 0 Å². The predicted molar refractivity (Wildman–Crippen MR) is 61.9 cm³/mol. The normalized spacial score (nSPS) is 14.2. The zero-order chi connectivity index (χ0) is 10.1. The average molecular weight is 180 g/mol. The van der Waals surface area contributed by atoms with E-state index in [4.69, 9.17) is 0 Å². The van der Waals surface area contributed by atoms with Crippen molar-refractivity contribution < 1.29 is 0 Å². The molecule has 0 aromatic heterocycles. The zero-order valence-corrected chi connectivity index (χ0v) is 9.47. The molecule has 0 fully saturated rings. The van der Waals surface area contributed by atoms with Gasteiger partial charge in [0.1, 0.15) is 0 Å². The van der Waals surface area contributed by atoms with Crippen molar-refractivity contribution in [3.63, 3.8) is 0 Å². The fraction of sp³-hybridized carbons (Fsp3) is 0.692. The molecular weight excluding hydrogens is 156 g/mol. The van der Waals surface area contributed by atoms with Gasteiger partial charge in [0.15, 0.2) is 0 Å². The van der Waals surface area contributed by atoms with Crippen LogP contribution < -0.4 is 0 Å². The van der Waals surface area contributed by atoms with Crippen LogP contribution in [0.1, 0.15) is 52.9 Å². The molecular formula is C13H24. The summed E-state index contributed by atoms with van der Waals surface area (Å²) in [4.78, 5) is 0. The molecule has 0 bridgehead atoms. The van der Waals surface area contributed by atoms with Crippen molar-refractivity contribution in [1.82, 2.24) is 0 Å². The molecule has 0 rings (SSSR count). The fourth-order valence-electron chi connectivity index (χ4n) is 1.33. The molecule has 1 atom stereocenters. The molecule has 0 aromatic carbocycles. The van der Waals surface area contributed by atoms with Crippen LogP contribution in [-0.4, -0.2) is 0 Å². The molecule has 0 spiro atoms. The number of hydrogen-bond donors (Lipinski definition) is 0. The van der Waals surface area contributed by atoms with Gasteiger partial charge in [-0.2, -0.15) is 0 Å². The monoisotopic (exact) mass is 180 g/mol. The van der Waals surface area contributed by atoms with Gasteiger partial charge in [-0.15, -0.1) is 0 Å². The smallest absolute Gasteiger partial charge is 0.0319 e. The molecule has 0 saturated heterocycles. The SMILES string of the molecule is C=CC(C)=CCC(C)CCCCC. The second-order valence-electron chi connectivity index (χ2n) is 3.99. The van der Waals surface area contributed by atoms with Gasteiger partial charge in [-0.1, -0.05) is 63.8 Å². The van der Waals surface area contributed by atoms with Gasteiger partial charge >= 0.3 is 0 Å². The minimum Gasteiger partial charge on any atom is -0.0988 e. The van der Waals surface area contributed by atoms with E-state index >= 15 is 0 Å². The van der Waals surface area contributed by atoms with Crippen LogP contribution >= 0.6 is 0 Å². The Labute approximate surface area is 83.7 Å². The summed E-state index contributed by atoms with van der Waals surface area (Å²) in [5, 5.41) is 0. The molecule has 76 valence electrons. The van der Waals surface area contributed by atoms with E-state index in [-0.39, 0.29) is 0 Å². The van der Waals surface area contributed by atoms with Gasteiger partial charge in [-0.3, -0.25) is 0 Å². The number of allylic oxidation sites excluding steroid dienone is 3. The lowest BCUT2D eigenvalue weighted by Crippen LogP contribution is -1.92. The highest BCUT2D eigenvalue weighted by atomic mass is 14.0. The molecule has 0 radical (unpaired) electrons. The number of unbranched alkanes of at least 4 members (excludes halogenated alkanes) is 2. The lowest BCUT2D eigenvalue weighted by molar-refractivity contribution is 0.500. The summed E-state index contributed by atoms with van der Waals surface area (Å²) in [6.07, 6.45) is 10.9. The van der Waals surface area contributed by atoms with E-state index < -0.39 is 0 Å². The summed E-state index contributed by atoms with van der Waals surface area (Å²) in [6, 6.07) is 0. The minimum absolute atomic E-state index is 0.835. The molecule has 0 amide bonds. The molecule has 0 heteroatoms. The van der Waals surface area contributed by atoms with E-state index in [0.29, 0.717) is 0 Å². The Morgan fingerprint density at radius 3 is 2.62 bits per heavy atom. The summed E-state index contributed by atoms with van der Waals surface area (Å²) in [5.74, 6) is 0.835. The van der Waals surface area contributed by atoms with Crippen LogP contribution in [0, 0.1) is 5.92 Å². The molecule has 0 N–H and O–H groups in total. The first-order valence-corrected chi connectivity index (χ1v) is 5.49. The molecule has 0 nitrogen and oxygen atoms in total. The second kappa shape index (κ2) is 8.10. The van der Waals surface area contributed by atoms with Gasteiger partial charge in [-0.05, 0) is 19.3 Å². The second-order valence-corrected chi connectivity index (χ2v) is 3.99. The van der Waals surface area contributed by atoms with Crippen molar-refractivity contribution >= 4 is 0 Å². The third-order valence-electron chi connectivity index (χ3n) is 2.46. The highest BCUT2D eigenvalue weighted by Gasteiger charge is 1.98. The van der Waals surface area contributed by atoms with Crippen LogP contribution in [0.25, 0.3) is 0 Å². The Morgan fingerprint density at radius 1 is 1.38 bits per heavy atom. The third-order valence-corrected chi connectivity index (χ3v) is 2.46. The summed E-state index contributed by atoms with van der Waals surface area (Å²) in [6.45, 7) is 10.5. The summed E-state index contributed by atoms with van der Waals surface area (Å²) < 4.78 is 0.